The lowest BCUT2D eigenvalue weighted by molar-refractivity contribution is -0.106. The minimum absolute atomic E-state index is 0.250. The molecule has 25 heavy (non-hydrogen) atoms. The van der Waals surface area contributed by atoms with Gasteiger partial charge in [0.05, 0.1) is 6.20 Å². The number of carbonyl (C=O) groups excluding carboxylic acids is 2. The lowest BCUT2D eigenvalue weighted by atomic mass is 10.2. The van der Waals surface area contributed by atoms with Crippen LogP contribution >= 0.6 is 0 Å². The van der Waals surface area contributed by atoms with E-state index in [0.717, 1.165) is 16.9 Å². The van der Waals surface area contributed by atoms with E-state index in [1.54, 1.807) is 17.8 Å². The first-order valence-electron chi connectivity index (χ1n) is 8.04. The van der Waals surface area contributed by atoms with Gasteiger partial charge in [-0.05, 0) is 34.6 Å². The summed E-state index contributed by atoms with van der Waals surface area (Å²) in [5, 5.41) is 4.26. The van der Waals surface area contributed by atoms with Crippen molar-refractivity contribution in [1.82, 2.24) is 14.6 Å². The number of hydrogen-bond acceptors (Lipinski definition) is 5. The van der Waals surface area contributed by atoms with Crippen molar-refractivity contribution in [1.29, 1.82) is 0 Å². The van der Waals surface area contributed by atoms with E-state index in [4.69, 9.17) is 9.53 Å². The minimum Gasteiger partial charge on any atom is -0.443 e. The Morgan fingerprint density at radius 3 is 2.32 bits per heavy atom. The fraction of sp³-hybridized carbons (Fsp3) is 0.529. The molecule has 8 nitrogen and oxygen atoms in total. The molecule has 0 atom stereocenters. The molecule has 2 aromatic rings. The van der Waals surface area contributed by atoms with Crippen LogP contribution in [0.25, 0.3) is 5.65 Å². The summed E-state index contributed by atoms with van der Waals surface area (Å²) >= 11 is 0. The second-order valence-electron chi connectivity index (χ2n) is 5.99. The Labute approximate surface area is 149 Å². The van der Waals surface area contributed by atoms with E-state index in [1.165, 1.54) is 4.90 Å². The summed E-state index contributed by atoms with van der Waals surface area (Å²) in [5.41, 5.74) is 6.17. The first-order chi connectivity index (χ1) is 11.6. The molecule has 2 N–H and O–H groups in total. The normalized spacial score (nSPS) is 10.1. The van der Waals surface area contributed by atoms with E-state index >= 15 is 0 Å². The zero-order valence-corrected chi connectivity index (χ0v) is 16.3. The van der Waals surface area contributed by atoms with Crippen molar-refractivity contribution in [2.45, 2.75) is 54.1 Å². The molecule has 0 saturated heterocycles. The SMILES string of the molecule is CC.Cc1cc(N(C)C(=O)OC(C)(C)C)n2ncc(C)c2n1.NC=O. The standard InChI is InChI=1S/C14H20N4O2.C2H6.CH3NO/c1-9-8-15-18-11(7-10(2)16-12(9)18)17(6)13(19)20-14(3,4)5;1-2;2-1-3/h7-8H,1-6H3;1-2H3;1H,(H2,2,3). The van der Waals surface area contributed by atoms with Gasteiger partial charge >= 0.3 is 6.09 Å². The fourth-order valence-corrected chi connectivity index (χ4v) is 1.84. The lowest BCUT2D eigenvalue weighted by Gasteiger charge is -2.25. The third kappa shape index (κ3) is 6.40. The average molecular weight is 351 g/mol. The zero-order valence-electron chi connectivity index (χ0n) is 16.3. The molecule has 2 rings (SSSR count). The van der Waals surface area contributed by atoms with Crippen molar-refractivity contribution < 1.29 is 14.3 Å². The predicted octanol–water partition coefficient (Wildman–Crippen LogP) is 2.85. The van der Waals surface area contributed by atoms with Crippen LogP contribution in [0.2, 0.25) is 0 Å². The van der Waals surface area contributed by atoms with Gasteiger partial charge < -0.3 is 10.5 Å². The molecule has 8 heteroatoms. The molecule has 2 heterocycles. The van der Waals surface area contributed by atoms with Crippen LogP contribution in [0.1, 0.15) is 45.9 Å². The first kappa shape index (κ1) is 22.4. The predicted molar refractivity (Wildman–Crippen MR) is 98.7 cm³/mol. The van der Waals surface area contributed by atoms with Gasteiger partial charge in [-0.1, -0.05) is 13.8 Å². The van der Waals surface area contributed by atoms with E-state index in [-0.39, 0.29) is 6.41 Å². The van der Waals surface area contributed by atoms with Crippen molar-refractivity contribution in [2.75, 3.05) is 11.9 Å². The molecule has 0 saturated carbocycles. The summed E-state index contributed by atoms with van der Waals surface area (Å²) in [6.45, 7) is 13.3. The molecule has 0 aliphatic carbocycles. The third-order valence-electron chi connectivity index (χ3n) is 2.77. The molecule has 0 aliphatic heterocycles. The smallest absolute Gasteiger partial charge is 0.415 e. The molecule has 0 spiro atoms. The first-order valence-corrected chi connectivity index (χ1v) is 8.04. The molecule has 2 amide bonds. The van der Waals surface area contributed by atoms with Crippen LogP contribution in [0, 0.1) is 13.8 Å². The molecule has 0 aromatic carbocycles. The van der Waals surface area contributed by atoms with Gasteiger partial charge in [-0.3, -0.25) is 9.69 Å². The van der Waals surface area contributed by atoms with Crippen LogP contribution in [0.3, 0.4) is 0 Å². The average Bonchev–Trinajstić information content (AvgIpc) is 2.88. The monoisotopic (exact) mass is 351 g/mol. The number of primary amides is 1. The van der Waals surface area contributed by atoms with Gasteiger partial charge in [-0.15, -0.1) is 0 Å². The Hall–Kier alpha value is -2.64. The number of aryl methyl sites for hydroxylation is 2. The topological polar surface area (TPSA) is 103 Å². The van der Waals surface area contributed by atoms with Gasteiger partial charge in [0.15, 0.2) is 5.65 Å². The summed E-state index contributed by atoms with van der Waals surface area (Å²) in [4.78, 5) is 26.6. The highest BCUT2D eigenvalue weighted by Gasteiger charge is 2.23. The third-order valence-corrected chi connectivity index (χ3v) is 2.77. The number of aromatic nitrogens is 3. The number of amides is 2. The molecular weight excluding hydrogens is 322 g/mol. The van der Waals surface area contributed by atoms with E-state index in [1.807, 2.05) is 54.5 Å². The summed E-state index contributed by atoms with van der Waals surface area (Å²) < 4.78 is 7.02. The minimum atomic E-state index is -0.535. The molecular formula is C17H29N5O3. The van der Waals surface area contributed by atoms with Crippen LogP contribution in [0.15, 0.2) is 12.3 Å². The van der Waals surface area contributed by atoms with Crippen LogP contribution in [-0.2, 0) is 9.53 Å². The second kappa shape index (κ2) is 9.61. The highest BCUT2D eigenvalue weighted by atomic mass is 16.6. The number of nitrogens with zero attached hydrogens (tertiary/aromatic N) is 4. The number of carbonyl (C=O) groups is 2. The number of anilines is 1. The largest absolute Gasteiger partial charge is 0.443 e. The Bertz CT molecular complexity index is 704. The van der Waals surface area contributed by atoms with Crippen molar-refractivity contribution >= 4 is 24.0 Å². The second-order valence-corrected chi connectivity index (χ2v) is 5.99. The number of nitrogens with two attached hydrogens (primary N) is 1. The fourth-order valence-electron chi connectivity index (χ4n) is 1.84. The summed E-state index contributed by atoms with van der Waals surface area (Å²) in [7, 11) is 1.67. The van der Waals surface area contributed by atoms with Crippen LogP contribution < -0.4 is 10.6 Å². The highest BCUT2D eigenvalue weighted by molar-refractivity contribution is 5.86. The van der Waals surface area contributed by atoms with Crippen LogP contribution in [0.4, 0.5) is 10.6 Å². The Morgan fingerprint density at radius 1 is 1.32 bits per heavy atom. The Kier molecular flexibility index (Phi) is 8.59. The van der Waals surface area contributed by atoms with Gasteiger partial charge in [-0.2, -0.15) is 9.61 Å². The molecule has 0 radical (unpaired) electrons. The maximum atomic E-state index is 12.2. The summed E-state index contributed by atoms with van der Waals surface area (Å²) in [6.07, 6.45) is 1.56. The number of rotatable bonds is 1. The number of fused-ring (bicyclic) bond motifs is 1. The van der Waals surface area contributed by atoms with E-state index < -0.39 is 11.7 Å². The highest BCUT2D eigenvalue weighted by Crippen LogP contribution is 2.20. The van der Waals surface area contributed by atoms with Crippen molar-refractivity contribution in [3.63, 3.8) is 0 Å². The summed E-state index contributed by atoms with van der Waals surface area (Å²) in [6, 6.07) is 1.81. The van der Waals surface area contributed by atoms with E-state index in [2.05, 4.69) is 15.8 Å². The quantitative estimate of drug-likeness (QED) is 0.796. The van der Waals surface area contributed by atoms with Gasteiger partial charge in [-0.25, -0.2) is 9.78 Å². The number of hydrogen-bond donors (Lipinski definition) is 1. The van der Waals surface area contributed by atoms with Crippen molar-refractivity contribution in [3.8, 4) is 0 Å². The molecule has 0 aliphatic rings. The maximum absolute atomic E-state index is 12.2. The van der Waals surface area contributed by atoms with Gasteiger partial charge in [0.25, 0.3) is 0 Å². The Balaban J connectivity index is 0.00000104. The van der Waals surface area contributed by atoms with Gasteiger partial charge in [0, 0.05) is 24.4 Å². The molecule has 140 valence electrons. The van der Waals surface area contributed by atoms with E-state index in [9.17, 15) is 4.79 Å². The van der Waals surface area contributed by atoms with Crippen molar-refractivity contribution in [3.05, 3.63) is 23.5 Å². The number of ether oxygens (including phenoxy) is 1. The molecule has 0 bridgehead atoms. The summed E-state index contributed by atoms with van der Waals surface area (Å²) in [5.74, 6) is 0.634. The van der Waals surface area contributed by atoms with Gasteiger partial charge in [0.2, 0.25) is 6.41 Å². The zero-order chi connectivity index (χ0) is 19.8. The molecule has 0 fully saturated rings. The molecule has 0 unspecified atom stereocenters. The van der Waals surface area contributed by atoms with Crippen LogP contribution in [0.5, 0.6) is 0 Å². The van der Waals surface area contributed by atoms with E-state index in [0.29, 0.717) is 5.82 Å². The molecule has 2 aromatic heterocycles. The lowest BCUT2D eigenvalue weighted by Crippen LogP contribution is -2.35. The Morgan fingerprint density at radius 2 is 1.84 bits per heavy atom. The van der Waals surface area contributed by atoms with Crippen molar-refractivity contribution in [2.24, 2.45) is 5.73 Å². The van der Waals surface area contributed by atoms with Gasteiger partial charge in [0.1, 0.15) is 11.4 Å². The van der Waals surface area contributed by atoms with Crippen LogP contribution in [-0.4, -0.2) is 39.8 Å². The maximum Gasteiger partial charge on any atom is 0.415 e.